The van der Waals surface area contributed by atoms with Crippen LogP contribution in [0.3, 0.4) is 0 Å². The number of ether oxygens (including phenoxy) is 1. The van der Waals surface area contributed by atoms with Crippen LogP contribution < -0.4 is 10.1 Å². The number of piperazine rings is 1. The largest absolute Gasteiger partial charge is 0.494 e. The number of halogens is 1. The van der Waals surface area contributed by atoms with Gasteiger partial charge < -0.3 is 14.5 Å². The van der Waals surface area contributed by atoms with E-state index in [2.05, 4.69) is 15.2 Å². The van der Waals surface area contributed by atoms with Crippen LogP contribution in [-0.4, -0.2) is 90.3 Å². The molecule has 2 aliphatic heterocycles. The second kappa shape index (κ2) is 10.9. The molecular weight excluding hydrogens is 461 g/mol. The molecule has 0 radical (unpaired) electrons. The number of hydrogen-bond donors (Lipinski definition) is 1. The van der Waals surface area contributed by atoms with Gasteiger partial charge in [-0.1, -0.05) is 0 Å². The molecule has 0 saturated carbocycles. The molecule has 3 amide bonds. The third-order valence-corrected chi connectivity index (χ3v) is 6.87. The first-order valence-electron chi connectivity index (χ1n) is 11.3. The first kappa shape index (κ1) is 24.1. The molecule has 11 heteroatoms. The van der Waals surface area contributed by atoms with Crippen molar-refractivity contribution in [2.75, 3.05) is 58.2 Å². The summed E-state index contributed by atoms with van der Waals surface area (Å²) in [6.07, 6.45) is 2.29. The summed E-state index contributed by atoms with van der Waals surface area (Å²) in [5, 5.41) is 4.71. The standard InChI is InChI=1S/C23H28FN5O4S/c1-33-19-5-4-16(12-18(19)24)22(32)26-23-25-17(15-34-23)13-20(30)29-10-8-27(9-11-29)14-21(31)28-6-2-3-7-28/h4-5,12,15H,2-3,6-11,13-14H2,1H3,(H,25,26,32). The number of thiazole rings is 1. The van der Waals surface area contributed by atoms with E-state index < -0.39 is 11.7 Å². The van der Waals surface area contributed by atoms with E-state index in [0.29, 0.717) is 43.5 Å². The molecule has 2 aliphatic rings. The summed E-state index contributed by atoms with van der Waals surface area (Å²) < 4.78 is 18.7. The van der Waals surface area contributed by atoms with Gasteiger partial charge in [0.1, 0.15) is 0 Å². The number of amides is 3. The molecule has 9 nitrogen and oxygen atoms in total. The van der Waals surface area contributed by atoms with Crippen LogP contribution in [0.4, 0.5) is 9.52 Å². The highest BCUT2D eigenvalue weighted by Gasteiger charge is 2.25. The summed E-state index contributed by atoms with van der Waals surface area (Å²) in [5.74, 6) is -0.919. The van der Waals surface area contributed by atoms with Crippen molar-refractivity contribution < 1.29 is 23.5 Å². The number of likely N-dealkylation sites (tertiary alicyclic amines) is 1. The molecule has 0 unspecified atom stereocenters. The van der Waals surface area contributed by atoms with Crippen molar-refractivity contribution in [3.8, 4) is 5.75 Å². The SMILES string of the molecule is COc1ccc(C(=O)Nc2nc(CC(=O)N3CCN(CC(=O)N4CCCC4)CC3)cs2)cc1F. The summed E-state index contributed by atoms with van der Waals surface area (Å²) in [6.45, 7) is 4.60. The van der Waals surface area contributed by atoms with Gasteiger partial charge in [-0.3, -0.25) is 24.6 Å². The van der Waals surface area contributed by atoms with Crippen molar-refractivity contribution >= 4 is 34.2 Å². The molecule has 1 aromatic carbocycles. The zero-order valence-electron chi connectivity index (χ0n) is 19.1. The van der Waals surface area contributed by atoms with Crippen LogP contribution in [0, 0.1) is 5.82 Å². The Kier molecular flexibility index (Phi) is 7.73. The predicted molar refractivity (Wildman–Crippen MR) is 126 cm³/mol. The van der Waals surface area contributed by atoms with E-state index in [9.17, 15) is 18.8 Å². The highest BCUT2D eigenvalue weighted by atomic mass is 32.1. The minimum Gasteiger partial charge on any atom is -0.494 e. The predicted octanol–water partition coefficient (Wildman–Crippen LogP) is 1.85. The van der Waals surface area contributed by atoms with Crippen LogP contribution in [0.2, 0.25) is 0 Å². The van der Waals surface area contributed by atoms with E-state index >= 15 is 0 Å². The molecule has 2 aromatic rings. The highest BCUT2D eigenvalue weighted by molar-refractivity contribution is 7.14. The molecule has 0 atom stereocenters. The summed E-state index contributed by atoms with van der Waals surface area (Å²) >= 11 is 1.21. The smallest absolute Gasteiger partial charge is 0.257 e. The van der Waals surface area contributed by atoms with E-state index in [1.807, 2.05) is 4.90 Å². The molecule has 0 spiro atoms. The quantitative estimate of drug-likeness (QED) is 0.638. The number of carbonyl (C=O) groups excluding carboxylic acids is 3. The van der Waals surface area contributed by atoms with Gasteiger partial charge in [-0.15, -0.1) is 11.3 Å². The lowest BCUT2D eigenvalue weighted by Crippen LogP contribution is -2.51. The molecule has 4 rings (SSSR count). The number of carbonyl (C=O) groups is 3. The Hall–Kier alpha value is -3.05. The van der Waals surface area contributed by atoms with E-state index in [4.69, 9.17) is 4.74 Å². The van der Waals surface area contributed by atoms with Crippen LogP contribution in [0.15, 0.2) is 23.6 Å². The molecule has 1 aromatic heterocycles. The van der Waals surface area contributed by atoms with Gasteiger partial charge in [0.25, 0.3) is 5.91 Å². The number of aromatic nitrogens is 1. The van der Waals surface area contributed by atoms with E-state index in [1.54, 1.807) is 10.3 Å². The van der Waals surface area contributed by atoms with Gasteiger partial charge in [0.05, 0.1) is 25.8 Å². The zero-order valence-corrected chi connectivity index (χ0v) is 19.9. The van der Waals surface area contributed by atoms with Crippen LogP contribution in [0.1, 0.15) is 28.9 Å². The third-order valence-electron chi connectivity index (χ3n) is 6.06. The molecule has 182 valence electrons. The Morgan fingerprint density at radius 2 is 1.76 bits per heavy atom. The van der Waals surface area contributed by atoms with Gasteiger partial charge in [0, 0.05) is 50.2 Å². The van der Waals surface area contributed by atoms with Crippen molar-refractivity contribution in [3.63, 3.8) is 0 Å². The zero-order chi connectivity index (χ0) is 24.1. The lowest BCUT2D eigenvalue weighted by molar-refractivity contribution is -0.134. The van der Waals surface area contributed by atoms with Crippen molar-refractivity contribution in [3.05, 3.63) is 40.7 Å². The molecule has 3 heterocycles. The maximum absolute atomic E-state index is 13.8. The minimum absolute atomic E-state index is 0.0362. The van der Waals surface area contributed by atoms with Crippen LogP contribution in [-0.2, 0) is 16.0 Å². The fourth-order valence-corrected chi connectivity index (χ4v) is 4.81. The molecule has 1 N–H and O–H groups in total. The van der Waals surface area contributed by atoms with Crippen molar-refractivity contribution in [2.24, 2.45) is 0 Å². The van der Waals surface area contributed by atoms with Gasteiger partial charge in [-0.2, -0.15) is 0 Å². The van der Waals surface area contributed by atoms with Gasteiger partial charge in [-0.25, -0.2) is 9.37 Å². The maximum atomic E-state index is 13.8. The molecule has 34 heavy (non-hydrogen) atoms. The second-order valence-electron chi connectivity index (χ2n) is 8.37. The average Bonchev–Trinajstić information content (AvgIpc) is 3.52. The number of rotatable bonds is 7. The lowest BCUT2D eigenvalue weighted by atomic mass is 10.2. The fourth-order valence-electron chi connectivity index (χ4n) is 4.10. The van der Waals surface area contributed by atoms with Crippen LogP contribution in [0.25, 0.3) is 0 Å². The van der Waals surface area contributed by atoms with Crippen LogP contribution in [0.5, 0.6) is 5.75 Å². The van der Waals surface area contributed by atoms with Gasteiger partial charge in [-0.05, 0) is 31.0 Å². The monoisotopic (exact) mass is 489 g/mol. The topological polar surface area (TPSA) is 95.1 Å². The Bertz CT molecular complexity index is 1050. The number of benzene rings is 1. The fraction of sp³-hybridized carbons (Fsp3) is 0.478. The van der Waals surface area contributed by atoms with Gasteiger partial charge in [0.15, 0.2) is 16.7 Å². The van der Waals surface area contributed by atoms with Crippen molar-refractivity contribution in [2.45, 2.75) is 19.3 Å². The molecule has 2 saturated heterocycles. The first-order chi connectivity index (χ1) is 16.4. The maximum Gasteiger partial charge on any atom is 0.257 e. The number of nitrogens with one attached hydrogen (secondary N) is 1. The normalized spacial score (nSPS) is 16.5. The lowest BCUT2D eigenvalue weighted by Gasteiger charge is -2.35. The number of anilines is 1. The number of methoxy groups -OCH3 is 1. The Balaban J connectivity index is 1.24. The van der Waals surface area contributed by atoms with Crippen molar-refractivity contribution in [1.82, 2.24) is 19.7 Å². The van der Waals surface area contributed by atoms with Crippen LogP contribution >= 0.6 is 11.3 Å². The Morgan fingerprint density at radius 1 is 1.06 bits per heavy atom. The summed E-state index contributed by atoms with van der Waals surface area (Å²) in [4.78, 5) is 47.5. The third kappa shape index (κ3) is 5.89. The molecule has 0 aliphatic carbocycles. The van der Waals surface area contributed by atoms with Gasteiger partial charge >= 0.3 is 0 Å². The summed E-state index contributed by atoms with van der Waals surface area (Å²) in [6, 6.07) is 3.95. The second-order valence-corrected chi connectivity index (χ2v) is 9.23. The Morgan fingerprint density at radius 3 is 2.44 bits per heavy atom. The van der Waals surface area contributed by atoms with E-state index in [1.165, 1.54) is 30.6 Å². The highest BCUT2D eigenvalue weighted by Crippen LogP contribution is 2.21. The molecular formula is C23H28FN5O4S. The summed E-state index contributed by atoms with van der Waals surface area (Å²) in [5.41, 5.74) is 0.713. The van der Waals surface area contributed by atoms with Crippen molar-refractivity contribution in [1.29, 1.82) is 0 Å². The van der Waals surface area contributed by atoms with E-state index in [0.717, 1.165) is 32.0 Å². The number of nitrogens with zero attached hydrogens (tertiary/aromatic N) is 4. The minimum atomic E-state index is -0.624. The first-order valence-corrected chi connectivity index (χ1v) is 12.2. The van der Waals surface area contributed by atoms with Gasteiger partial charge in [0.2, 0.25) is 11.8 Å². The molecule has 2 fully saturated rings. The number of hydrogen-bond acceptors (Lipinski definition) is 7. The average molecular weight is 490 g/mol. The Labute approximate surface area is 201 Å². The van der Waals surface area contributed by atoms with E-state index in [-0.39, 0.29) is 29.5 Å². The molecule has 0 bridgehead atoms. The summed E-state index contributed by atoms with van der Waals surface area (Å²) in [7, 11) is 1.35.